The average molecular weight is 148 g/mol. The van der Waals surface area contributed by atoms with E-state index in [4.69, 9.17) is 10.2 Å². The third-order valence-corrected chi connectivity index (χ3v) is 1.39. The maximum atomic E-state index is 8.90. The number of nitrogens with zero attached hydrogens (tertiary/aromatic N) is 1. The van der Waals surface area contributed by atoms with Gasteiger partial charge in [-0.1, -0.05) is 0 Å². The Labute approximate surface area is 61.4 Å². The summed E-state index contributed by atoms with van der Waals surface area (Å²) >= 11 is 0. The molecule has 0 radical (unpaired) electrons. The van der Waals surface area contributed by atoms with E-state index in [1.807, 2.05) is 19.1 Å². The molecule has 0 unspecified atom stereocenters. The van der Waals surface area contributed by atoms with Gasteiger partial charge in [0.1, 0.15) is 0 Å². The Balaban J connectivity index is 3.17. The predicted molar refractivity (Wildman–Crippen MR) is 39.4 cm³/mol. The molecule has 10 heavy (non-hydrogen) atoms. The number of aliphatic hydroxyl groups excluding tert-OH is 2. The first-order valence-electron chi connectivity index (χ1n) is 3.38. The van der Waals surface area contributed by atoms with E-state index in [2.05, 4.69) is 5.43 Å². The van der Waals surface area contributed by atoms with E-state index in [1.165, 1.54) is 0 Å². The van der Waals surface area contributed by atoms with E-state index in [-0.39, 0.29) is 6.61 Å². The molecule has 0 heterocycles. The fourth-order valence-corrected chi connectivity index (χ4v) is 0.546. The molecule has 0 spiro atoms. The quantitative estimate of drug-likeness (QED) is 0.428. The van der Waals surface area contributed by atoms with Crippen LogP contribution in [0, 0.1) is 0 Å². The summed E-state index contributed by atoms with van der Waals surface area (Å²) < 4.78 is 0. The van der Waals surface area contributed by atoms with E-state index in [9.17, 15) is 0 Å². The third-order valence-electron chi connectivity index (χ3n) is 1.39. The molecule has 4 heteroatoms. The number of nitrogens with one attached hydrogen (secondary N) is 1. The molecule has 0 aromatic carbocycles. The molecule has 0 aliphatic carbocycles. The molecule has 3 N–H and O–H groups in total. The highest BCUT2D eigenvalue weighted by Gasteiger charge is 2.02. The van der Waals surface area contributed by atoms with Crippen LogP contribution in [0.2, 0.25) is 0 Å². The monoisotopic (exact) mass is 148 g/mol. The Kier molecular flexibility index (Phi) is 5.52. The second-order valence-electron chi connectivity index (χ2n) is 2.27. The number of hydrazine groups is 1. The van der Waals surface area contributed by atoms with Crippen molar-refractivity contribution in [2.45, 2.75) is 12.5 Å². The molecular formula is C6H16N2O2. The molecule has 62 valence electrons. The second kappa shape index (κ2) is 5.61. The summed E-state index contributed by atoms with van der Waals surface area (Å²) in [5, 5.41) is 19.2. The van der Waals surface area contributed by atoms with Crippen molar-refractivity contribution in [2.24, 2.45) is 0 Å². The maximum Gasteiger partial charge on any atom is 0.0783 e. The fraction of sp³-hybridized carbons (Fsp3) is 1.00. The van der Waals surface area contributed by atoms with Crippen LogP contribution in [0.1, 0.15) is 6.42 Å². The number of aliphatic hydroxyl groups is 2. The van der Waals surface area contributed by atoms with Crippen LogP contribution in [-0.2, 0) is 0 Å². The topological polar surface area (TPSA) is 55.7 Å². The summed E-state index contributed by atoms with van der Waals surface area (Å²) in [6, 6.07) is 0. The highest BCUT2D eigenvalue weighted by Crippen LogP contribution is 1.89. The second-order valence-corrected chi connectivity index (χ2v) is 2.27. The molecule has 0 aliphatic rings. The zero-order valence-corrected chi connectivity index (χ0v) is 6.54. The minimum atomic E-state index is -0.587. The molecule has 1 atom stereocenters. The Hall–Kier alpha value is -0.160. The minimum absolute atomic E-state index is 0.155. The van der Waals surface area contributed by atoms with Gasteiger partial charge in [-0.3, -0.25) is 5.43 Å². The van der Waals surface area contributed by atoms with Gasteiger partial charge < -0.3 is 10.2 Å². The van der Waals surface area contributed by atoms with Gasteiger partial charge in [-0.2, -0.15) is 0 Å². The van der Waals surface area contributed by atoms with Crippen molar-refractivity contribution in [3.63, 3.8) is 0 Å². The molecule has 0 bridgehead atoms. The highest BCUT2D eigenvalue weighted by atomic mass is 16.3. The normalized spacial score (nSPS) is 14.1. The smallest absolute Gasteiger partial charge is 0.0783 e. The van der Waals surface area contributed by atoms with Gasteiger partial charge in [-0.25, -0.2) is 5.01 Å². The zero-order valence-electron chi connectivity index (χ0n) is 6.54. The van der Waals surface area contributed by atoms with Crippen molar-refractivity contribution in [2.75, 3.05) is 27.2 Å². The Morgan fingerprint density at radius 3 is 2.60 bits per heavy atom. The molecule has 0 aromatic heterocycles. The van der Waals surface area contributed by atoms with Crippen LogP contribution in [0.3, 0.4) is 0 Å². The van der Waals surface area contributed by atoms with Crippen LogP contribution in [0.5, 0.6) is 0 Å². The first kappa shape index (κ1) is 9.84. The van der Waals surface area contributed by atoms with Gasteiger partial charge in [0.15, 0.2) is 0 Å². The maximum absolute atomic E-state index is 8.90. The van der Waals surface area contributed by atoms with Crippen LogP contribution < -0.4 is 5.43 Å². The van der Waals surface area contributed by atoms with E-state index in [0.717, 1.165) is 6.54 Å². The number of hydrogen-bond donors (Lipinski definition) is 3. The number of hydrogen-bond acceptors (Lipinski definition) is 4. The van der Waals surface area contributed by atoms with Crippen molar-refractivity contribution in [1.82, 2.24) is 10.4 Å². The van der Waals surface area contributed by atoms with Crippen molar-refractivity contribution in [1.29, 1.82) is 0 Å². The van der Waals surface area contributed by atoms with Gasteiger partial charge in [0.05, 0.1) is 12.7 Å². The average Bonchev–Trinajstić information content (AvgIpc) is 1.99. The fourth-order valence-electron chi connectivity index (χ4n) is 0.546. The van der Waals surface area contributed by atoms with Crippen LogP contribution in [0.25, 0.3) is 0 Å². The lowest BCUT2D eigenvalue weighted by atomic mass is 10.3. The molecule has 0 rings (SSSR count). The van der Waals surface area contributed by atoms with E-state index in [1.54, 1.807) is 0 Å². The van der Waals surface area contributed by atoms with Crippen LogP contribution in [-0.4, -0.2) is 48.6 Å². The standard InChI is InChI=1S/C6H16N2O2/c1-7-8(2)4-3-6(10)5-9/h6-7,9-10H,3-5H2,1-2H3/t6-/m0/s1. The van der Waals surface area contributed by atoms with Crippen LogP contribution in [0.15, 0.2) is 0 Å². The van der Waals surface area contributed by atoms with Gasteiger partial charge in [0, 0.05) is 13.6 Å². The van der Waals surface area contributed by atoms with Crippen molar-refractivity contribution >= 4 is 0 Å². The summed E-state index contributed by atoms with van der Waals surface area (Å²) in [6.45, 7) is 0.579. The molecular weight excluding hydrogens is 132 g/mol. The predicted octanol–water partition coefficient (Wildman–Crippen LogP) is -1.20. The Morgan fingerprint density at radius 1 is 1.60 bits per heavy atom. The molecule has 0 aromatic rings. The van der Waals surface area contributed by atoms with E-state index >= 15 is 0 Å². The van der Waals surface area contributed by atoms with E-state index in [0.29, 0.717) is 6.42 Å². The number of rotatable bonds is 5. The molecule has 0 amide bonds. The molecule has 0 saturated carbocycles. The molecule has 0 saturated heterocycles. The van der Waals surface area contributed by atoms with Crippen LogP contribution >= 0.6 is 0 Å². The summed E-state index contributed by atoms with van der Waals surface area (Å²) in [6.07, 6.45) is 0.00389. The molecule has 4 nitrogen and oxygen atoms in total. The lowest BCUT2D eigenvalue weighted by molar-refractivity contribution is 0.0755. The largest absolute Gasteiger partial charge is 0.394 e. The highest BCUT2D eigenvalue weighted by molar-refractivity contribution is 4.54. The summed E-state index contributed by atoms with van der Waals surface area (Å²) in [5.74, 6) is 0. The Bertz CT molecular complexity index is 70.1. The molecule has 0 aliphatic heterocycles. The van der Waals surface area contributed by atoms with E-state index < -0.39 is 6.10 Å². The SMILES string of the molecule is CNN(C)CC[C@H](O)CO. The van der Waals surface area contributed by atoms with Gasteiger partial charge in [-0.05, 0) is 13.5 Å². The lowest BCUT2D eigenvalue weighted by Crippen LogP contribution is -2.33. The third kappa shape index (κ3) is 4.69. The van der Waals surface area contributed by atoms with Crippen molar-refractivity contribution < 1.29 is 10.2 Å². The lowest BCUT2D eigenvalue weighted by Gasteiger charge is -2.15. The summed E-state index contributed by atoms with van der Waals surface area (Å²) in [5.41, 5.74) is 2.88. The van der Waals surface area contributed by atoms with Gasteiger partial charge in [0.2, 0.25) is 0 Å². The van der Waals surface area contributed by atoms with Gasteiger partial charge in [-0.15, -0.1) is 0 Å². The van der Waals surface area contributed by atoms with Crippen molar-refractivity contribution in [3.8, 4) is 0 Å². The first-order valence-corrected chi connectivity index (χ1v) is 3.38. The minimum Gasteiger partial charge on any atom is -0.394 e. The Morgan fingerprint density at radius 2 is 2.20 bits per heavy atom. The van der Waals surface area contributed by atoms with Gasteiger partial charge >= 0.3 is 0 Å². The molecule has 0 fully saturated rings. The van der Waals surface area contributed by atoms with Crippen LogP contribution in [0.4, 0.5) is 0 Å². The van der Waals surface area contributed by atoms with Gasteiger partial charge in [0.25, 0.3) is 0 Å². The summed E-state index contributed by atoms with van der Waals surface area (Å²) in [7, 11) is 3.69. The first-order chi connectivity index (χ1) is 4.70. The van der Waals surface area contributed by atoms with Crippen molar-refractivity contribution in [3.05, 3.63) is 0 Å². The summed E-state index contributed by atoms with van der Waals surface area (Å²) in [4.78, 5) is 0. The zero-order chi connectivity index (χ0) is 7.98.